The van der Waals surface area contributed by atoms with Crippen LogP contribution in [0.15, 0.2) is 48.9 Å². The fraction of sp³-hybridized carbons (Fsp3) is 0.345. The molecule has 9 nitrogen and oxygen atoms in total. The highest BCUT2D eigenvalue weighted by Gasteiger charge is 2.20. The van der Waals surface area contributed by atoms with Crippen LogP contribution in [0.2, 0.25) is 0 Å². The molecule has 0 spiro atoms. The second-order valence-corrected chi connectivity index (χ2v) is 9.78. The molecule has 40 heavy (non-hydrogen) atoms. The smallest absolute Gasteiger partial charge is 0.251 e. The van der Waals surface area contributed by atoms with E-state index < -0.39 is 17.7 Å². The summed E-state index contributed by atoms with van der Waals surface area (Å²) in [4.78, 5) is 23.9. The number of rotatable bonds is 10. The molecule has 0 radical (unpaired) electrons. The van der Waals surface area contributed by atoms with Gasteiger partial charge in [-0.15, -0.1) is 0 Å². The molecule has 0 bridgehead atoms. The topological polar surface area (TPSA) is 104 Å². The largest absolute Gasteiger partial charge is 0.494 e. The van der Waals surface area contributed by atoms with Crippen molar-refractivity contribution < 1.29 is 23.4 Å². The van der Waals surface area contributed by atoms with Gasteiger partial charge in [-0.1, -0.05) is 6.92 Å². The summed E-state index contributed by atoms with van der Waals surface area (Å²) in [7, 11) is 1.28. The molecule has 3 heterocycles. The van der Waals surface area contributed by atoms with Gasteiger partial charge in [0.2, 0.25) is 5.82 Å². The van der Waals surface area contributed by atoms with E-state index in [9.17, 15) is 18.7 Å². The van der Waals surface area contributed by atoms with Crippen molar-refractivity contribution in [1.29, 1.82) is 0 Å². The van der Waals surface area contributed by atoms with Crippen LogP contribution in [0.5, 0.6) is 5.75 Å². The maximum atomic E-state index is 14.8. The molecule has 5 rings (SSSR count). The number of halogens is 2. The number of aliphatic hydroxyl groups excluding tert-OH is 1. The van der Waals surface area contributed by atoms with E-state index in [1.807, 2.05) is 13.0 Å². The maximum Gasteiger partial charge on any atom is 0.251 e. The number of hydrogen-bond donors (Lipinski definition) is 3. The normalized spacial score (nSPS) is 14.4. The minimum Gasteiger partial charge on any atom is -0.494 e. The van der Waals surface area contributed by atoms with Gasteiger partial charge in [-0.2, -0.15) is 4.39 Å². The molecule has 0 saturated carbocycles. The molecule has 3 N–H and O–H groups in total. The van der Waals surface area contributed by atoms with Crippen molar-refractivity contribution in [3.63, 3.8) is 0 Å². The van der Waals surface area contributed by atoms with E-state index in [0.717, 1.165) is 31.5 Å². The Labute approximate surface area is 230 Å². The standard InChI is InChI=1S/C29H32F2N6O3/c1-3-18-14-19(6-7-21(18)29(39)34-15-20(38)17-36-11-4-5-12-36)35-27-28-33-16-23(37(28)13-10-32-27)22-8-9-24(40-2)26(31)25(22)30/h6-10,13-14,16,20,38H,3-5,11-12,15,17H2,1-2H3,(H,32,35)(H,34,39). The summed E-state index contributed by atoms with van der Waals surface area (Å²) < 4.78 is 35.6. The van der Waals surface area contributed by atoms with Crippen LogP contribution < -0.4 is 15.4 Å². The fourth-order valence-corrected chi connectivity index (χ4v) is 5.05. The molecule has 210 valence electrons. The van der Waals surface area contributed by atoms with Gasteiger partial charge in [0.05, 0.1) is 25.1 Å². The monoisotopic (exact) mass is 550 g/mol. The van der Waals surface area contributed by atoms with Gasteiger partial charge in [-0.05, 0) is 68.2 Å². The number of aromatic nitrogens is 3. The van der Waals surface area contributed by atoms with Gasteiger partial charge in [0.25, 0.3) is 5.91 Å². The Hall–Kier alpha value is -4.09. The van der Waals surface area contributed by atoms with E-state index in [1.54, 1.807) is 22.7 Å². The van der Waals surface area contributed by atoms with Gasteiger partial charge in [0.1, 0.15) is 0 Å². The Bertz CT molecular complexity index is 1520. The SMILES string of the molecule is CCc1cc(Nc2nccn3c(-c4ccc(OC)c(F)c4F)cnc23)ccc1C(=O)NCC(O)CN1CCCC1. The lowest BCUT2D eigenvalue weighted by Crippen LogP contribution is -2.39. The zero-order chi connectivity index (χ0) is 28.2. The zero-order valence-corrected chi connectivity index (χ0v) is 22.5. The Balaban J connectivity index is 1.33. The molecule has 1 aliphatic rings. The van der Waals surface area contributed by atoms with E-state index >= 15 is 0 Å². The third kappa shape index (κ3) is 5.61. The van der Waals surface area contributed by atoms with Crippen molar-refractivity contribution in [2.45, 2.75) is 32.3 Å². The number of fused-ring (bicyclic) bond motifs is 1. The summed E-state index contributed by atoms with van der Waals surface area (Å²) in [5.41, 5.74) is 2.86. The first-order valence-electron chi connectivity index (χ1n) is 13.3. The molecule has 4 aromatic rings. The quantitative estimate of drug-likeness (QED) is 0.272. The van der Waals surface area contributed by atoms with Crippen molar-refractivity contribution in [2.24, 2.45) is 0 Å². The molecule has 1 unspecified atom stereocenters. The molecule has 2 aromatic heterocycles. The van der Waals surface area contributed by atoms with Gasteiger partial charge in [0, 0.05) is 42.3 Å². The Kier molecular flexibility index (Phi) is 8.22. The number of benzene rings is 2. The van der Waals surface area contributed by atoms with Crippen LogP contribution >= 0.6 is 0 Å². The first-order valence-corrected chi connectivity index (χ1v) is 13.3. The fourth-order valence-electron chi connectivity index (χ4n) is 5.05. The van der Waals surface area contributed by atoms with Crippen molar-refractivity contribution in [1.82, 2.24) is 24.6 Å². The van der Waals surface area contributed by atoms with E-state index in [0.29, 0.717) is 41.4 Å². The number of amides is 1. The van der Waals surface area contributed by atoms with Crippen LogP contribution in [0, 0.1) is 11.6 Å². The summed E-state index contributed by atoms with van der Waals surface area (Å²) in [6.45, 7) is 4.67. The molecule has 0 aliphatic carbocycles. The van der Waals surface area contributed by atoms with Crippen LogP contribution in [-0.4, -0.2) is 69.7 Å². The van der Waals surface area contributed by atoms with Crippen LogP contribution in [0.25, 0.3) is 16.9 Å². The summed E-state index contributed by atoms with van der Waals surface area (Å²) in [5, 5.41) is 16.4. The first kappa shape index (κ1) is 27.5. The van der Waals surface area contributed by atoms with E-state index in [1.165, 1.54) is 31.6 Å². The van der Waals surface area contributed by atoms with Crippen LogP contribution in [0.1, 0.15) is 35.7 Å². The van der Waals surface area contributed by atoms with Gasteiger partial charge in [-0.3, -0.25) is 9.20 Å². The highest BCUT2D eigenvalue weighted by atomic mass is 19.2. The van der Waals surface area contributed by atoms with E-state index in [-0.39, 0.29) is 23.8 Å². The zero-order valence-electron chi connectivity index (χ0n) is 22.5. The third-order valence-corrected chi connectivity index (χ3v) is 7.13. The number of carbonyl (C=O) groups excluding carboxylic acids is 1. The lowest BCUT2D eigenvalue weighted by Gasteiger charge is -2.20. The predicted octanol–water partition coefficient (Wildman–Crippen LogP) is 4.18. The molecule has 1 amide bonds. The number of hydrogen-bond acceptors (Lipinski definition) is 7. The van der Waals surface area contributed by atoms with Gasteiger partial charge >= 0.3 is 0 Å². The Morgan fingerprint density at radius 1 is 1.15 bits per heavy atom. The van der Waals surface area contributed by atoms with Crippen LogP contribution in [0.4, 0.5) is 20.3 Å². The lowest BCUT2D eigenvalue weighted by atomic mass is 10.0. The third-order valence-electron chi connectivity index (χ3n) is 7.13. The highest BCUT2D eigenvalue weighted by Crippen LogP contribution is 2.31. The molecular weight excluding hydrogens is 518 g/mol. The molecule has 1 saturated heterocycles. The van der Waals surface area contributed by atoms with E-state index in [4.69, 9.17) is 4.74 Å². The van der Waals surface area contributed by atoms with Crippen molar-refractivity contribution in [2.75, 3.05) is 38.6 Å². The lowest BCUT2D eigenvalue weighted by molar-refractivity contribution is 0.0878. The number of aryl methyl sites for hydroxylation is 1. The number of anilines is 2. The van der Waals surface area contributed by atoms with Crippen LogP contribution in [-0.2, 0) is 6.42 Å². The number of methoxy groups -OCH3 is 1. The van der Waals surface area contributed by atoms with E-state index in [2.05, 4.69) is 25.5 Å². The Morgan fingerprint density at radius 3 is 2.70 bits per heavy atom. The maximum absolute atomic E-state index is 14.8. The van der Waals surface area contributed by atoms with Gasteiger partial charge in [0.15, 0.2) is 23.0 Å². The molecule has 1 aliphatic heterocycles. The molecule has 1 fully saturated rings. The second-order valence-electron chi connectivity index (χ2n) is 9.78. The van der Waals surface area contributed by atoms with Gasteiger partial charge in [-0.25, -0.2) is 14.4 Å². The minimum absolute atomic E-state index is 0.0390. The number of β-amino-alcohol motifs (C(OH)–C–C–N with tert-alkyl or cyclic N) is 1. The van der Waals surface area contributed by atoms with Crippen molar-refractivity contribution in [3.05, 3.63) is 71.7 Å². The molecule has 2 aromatic carbocycles. The van der Waals surface area contributed by atoms with Crippen molar-refractivity contribution >= 4 is 23.1 Å². The average Bonchev–Trinajstić information content (AvgIpc) is 3.64. The summed E-state index contributed by atoms with van der Waals surface area (Å²) in [5.74, 6) is -2.11. The number of aliphatic hydroxyl groups is 1. The minimum atomic E-state index is -1.07. The highest BCUT2D eigenvalue weighted by molar-refractivity contribution is 5.96. The first-order chi connectivity index (χ1) is 19.4. The Morgan fingerprint density at radius 2 is 1.95 bits per heavy atom. The second kappa shape index (κ2) is 12.0. The molecule has 1 atom stereocenters. The molecule has 11 heteroatoms. The van der Waals surface area contributed by atoms with Gasteiger partial charge < -0.3 is 25.4 Å². The number of carbonyl (C=O) groups is 1. The number of imidazole rings is 1. The summed E-state index contributed by atoms with van der Waals surface area (Å²) >= 11 is 0. The number of likely N-dealkylation sites (tertiary alicyclic amines) is 1. The predicted molar refractivity (Wildman–Crippen MR) is 148 cm³/mol. The van der Waals surface area contributed by atoms with Crippen molar-refractivity contribution in [3.8, 4) is 17.0 Å². The number of nitrogens with zero attached hydrogens (tertiary/aromatic N) is 4. The summed E-state index contributed by atoms with van der Waals surface area (Å²) in [6, 6.07) is 8.17. The number of nitrogens with one attached hydrogen (secondary N) is 2. The number of ether oxygens (including phenoxy) is 1. The molecular formula is C29H32F2N6O3. The average molecular weight is 551 g/mol. The summed E-state index contributed by atoms with van der Waals surface area (Å²) in [6.07, 6.45) is 6.89. The van der Waals surface area contributed by atoms with Crippen LogP contribution in [0.3, 0.4) is 0 Å².